The number of hydrogen-bond acceptors (Lipinski definition) is 6. The Labute approximate surface area is 195 Å². The number of fused-ring (bicyclic) bond motifs is 1. The summed E-state index contributed by atoms with van der Waals surface area (Å²) < 4.78 is 0. The van der Waals surface area contributed by atoms with Crippen LogP contribution in [-0.2, 0) is 11.3 Å². The largest absolute Gasteiger partial charge is 0.274 e. The zero-order valence-corrected chi connectivity index (χ0v) is 18.1. The number of hydrazone groups is 1. The Balaban J connectivity index is 1.68. The van der Waals surface area contributed by atoms with Gasteiger partial charge in [-0.3, -0.25) is 15.2 Å². The number of carbonyl (C=O) groups is 1. The minimum absolute atomic E-state index is 0.211. The lowest BCUT2D eigenvalue weighted by molar-refractivity contribution is -0.135. The van der Waals surface area contributed by atoms with Gasteiger partial charge in [-0.25, -0.2) is 10.0 Å². The molecule has 1 amide bonds. The van der Waals surface area contributed by atoms with E-state index in [4.69, 9.17) is 16.9 Å². The molecule has 1 aromatic heterocycles. The second kappa shape index (κ2) is 8.26. The fraction of sp³-hybridized carbons (Fsp3) is 0.0400. The Hall–Kier alpha value is -4.41. The van der Waals surface area contributed by atoms with Gasteiger partial charge in [-0.1, -0.05) is 42.4 Å². The van der Waals surface area contributed by atoms with Gasteiger partial charge in [0.15, 0.2) is 5.84 Å². The van der Waals surface area contributed by atoms with Gasteiger partial charge in [-0.05, 0) is 53.1 Å². The Kier molecular flexibility index (Phi) is 5.13. The molecule has 33 heavy (non-hydrogen) atoms. The summed E-state index contributed by atoms with van der Waals surface area (Å²) >= 11 is 6.11. The predicted molar refractivity (Wildman–Crippen MR) is 126 cm³/mol. The number of aromatic nitrogens is 1. The number of pyridine rings is 1. The van der Waals surface area contributed by atoms with Crippen molar-refractivity contribution < 1.29 is 4.79 Å². The minimum Gasteiger partial charge on any atom is -0.267 e. The zero-order chi connectivity index (χ0) is 22.9. The van der Waals surface area contributed by atoms with Crippen LogP contribution in [0.2, 0.25) is 5.02 Å². The molecule has 8 heteroatoms. The first-order chi connectivity index (χ1) is 16.1. The second-order valence-corrected chi connectivity index (χ2v) is 7.91. The maximum atomic E-state index is 14.0. The highest BCUT2D eigenvalue weighted by molar-refractivity contribution is 6.43. The number of hydrazine groups is 1. The van der Waals surface area contributed by atoms with Crippen LogP contribution in [-0.4, -0.2) is 26.7 Å². The van der Waals surface area contributed by atoms with Crippen LogP contribution in [0.3, 0.4) is 0 Å². The average Bonchev–Trinajstić information content (AvgIpc) is 3.23. The van der Waals surface area contributed by atoms with Gasteiger partial charge in [0.05, 0.1) is 23.8 Å². The lowest BCUT2D eigenvalue weighted by Gasteiger charge is -2.39. The molecule has 3 aromatic rings. The van der Waals surface area contributed by atoms with Crippen molar-refractivity contribution in [3.8, 4) is 6.07 Å². The molecule has 2 aromatic carbocycles. The summed E-state index contributed by atoms with van der Waals surface area (Å²) in [4.78, 5) is 18.1. The molecule has 0 saturated heterocycles. The van der Waals surface area contributed by atoms with Gasteiger partial charge in [-0.2, -0.15) is 10.4 Å². The van der Waals surface area contributed by atoms with Crippen LogP contribution in [0.25, 0.3) is 11.1 Å². The molecule has 0 bridgehead atoms. The molecule has 0 aliphatic carbocycles. The Morgan fingerprint density at radius 1 is 0.970 bits per heavy atom. The summed E-state index contributed by atoms with van der Waals surface area (Å²) in [5.41, 5.74) is 7.03. The quantitative estimate of drug-likeness (QED) is 0.642. The fourth-order valence-corrected chi connectivity index (χ4v) is 4.00. The van der Waals surface area contributed by atoms with Crippen molar-refractivity contribution in [1.82, 2.24) is 20.4 Å². The summed E-state index contributed by atoms with van der Waals surface area (Å²) in [7, 11) is 0. The SMILES string of the molecule is C=C1NN=C2C(c3ccncc3)=C(c3ccc(Cl)cc3)C(=O)N(Cc3ccc(C#N)cc3)N12. The molecular formula is C25H17ClN6O. The highest BCUT2D eigenvalue weighted by Gasteiger charge is 2.42. The number of carbonyl (C=O) groups excluding carboxylic acids is 1. The minimum atomic E-state index is -0.211. The van der Waals surface area contributed by atoms with Gasteiger partial charge in [0.2, 0.25) is 0 Å². The van der Waals surface area contributed by atoms with Crippen molar-refractivity contribution >= 4 is 34.5 Å². The van der Waals surface area contributed by atoms with E-state index in [9.17, 15) is 4.79 Å². The van der Waals surface area contributed by atoms with Gasteiger partial charge in [-0.15, -0.1) is 0 Å². The van der Waals surface area contributed by atoms with Crippen molar-refractivity contribution in [2.45, 2.75) is 6.54 Å². The van der Waals surface area contributed by atoms with Crippen LogP contribution < -0.4 is 5.43 Å². The number of hydrogen-bond donors (Lipinski definition) is 1. The molecule has 0 unspecified atom stereocenters. The van der Waals surface area contributed by atoms with Gasteiger partial charge in [0.1, 0.15) is 5.82 Å². The topological polar surface area (TPSA) is 84.6 Å². The summed E-state index contributed by atoms with van der Waals surface area (Å²) in [5, 5.41) is 17.4. The van der Waals surface area contributed by atoms with Crippen molar-refractivity contribution in [2.24, 2.45) is 5.10 Å². The molecule has 2 aliphatic heterocycles. The third kappa shape index (κ3) is 3.63. The molecule has 3 heterocycles. The molecule has 2 aliphatic rings. The Bertz CT molecular complexity index is 1350. The summed E-state index contributed by atoms with van der Waals surface area (Å²) in [6.45, 7) is 4.31. The molecule has 0 saturated carbocycles. The molecule has 0 spiro atoms. The number of rotatable bonds is 4. The number of benzene rings is 2. The maximum absolute atomic E-state index is 14.0. The molecule has 0 atom stereocenters. The molecule has 5 rings (SSSR count). The molecule has 7 nitrogen and oxygen atoms in total. The van der Waals surface area contributed by atoms with Crippen LogP contribution in [0.5, 0.6) is 0 Å². The van der Waals surface area contributed by atoms with Gasteiger partial charge >= 0.3 is 0 Å². The van der Waals surface area contributed by atoms with Crippen LogP contribution >= 0.6 is 11.6 Å². The third-order valence-electron chi connectivity index (χ3n) is 5.43. The fourth-order valence-electron chi connectivity index (χ4n) is 3.88. The van der Waals surface area contributed by atoms with E-state index in [0.29, 0.717) is 33.4 Å². The van der Waals surface area contributed by atoms with Crippen LogP contribution in [0.4, 0.5) is 0 Å². The molecule has 160 valence electrons. The first kappa shape index (κ1) is 20.5. The summed E-state index contributed by atoms with van der Waals surface area (Å²) in [6.07, 6.45) is 3.36. The van der Waals surface area contributed by atoms with Crippen molar-refractivity contribution in [2.75, 3.05) is 0 Å². The number of amidine groups is 1. The lowest BCUT2D eigenvalue weighted by atomic mass is 9.91. The molecule has 0 fully saturated rings. The van der Waals surface area contributed by atoms with Crippen LogP contribution in [0, 0.1) is 11.3 Å². The smallest absolute Gasteiger partial charge is 0.267 e. The number of halogens is 1. The molecule has 1 N–H and O–H groups in total. The van der Waals surface area contributed by atoms with E-state index in [1.807, 2.05) is 36.4 Å². The highest BCUT2D eigenvalue weighted by Crippen LogP contribution is 2.38. The number of nitrogens with zero attached hydrogens (tertiary/aromatic N) is 5. The third-order valence-corrected chi connectivity index (χ3v) is 5.68. The predicted octanol–water partition coefficient (Wildman–Crippen LogP) is 4.16. The van der Waals surface area contributed by atoms with E-state index in [0.717, 1.165) is 16.7 Å². The van der Waals surface area contributed by atoms with E-state index in [1.54, 1.807) is 46.7 Å². The Morgan fingerprint density at radius 3 is 2.30 bits per heavy atom. The van der Waals surface area contributed by atoms with E-state index in [1.165, 1.54) is 0 Å². The lowest BCUT2D eigenvalue weighted by Crippen LogP contribution is -2.51. The molecule has 0 radical (unpaired) electrons. The summed E-state index contributed by atoms with van der Waals surface area (Å²) in [6, 6.07) is 20.1. The van der Waals surface area contributed by atoms with E-state index in [2.05, 4.69) is 28.2 Å². The monoisotopic (exact) mass is 452 g/mol. The number of nitrogens with one attached hydrogen (secondary N) is 1. The second-order valence-electron chi connectivity index (χ2n) is 7.47. The van der Waals surface area contributed by atoms with Crippen molar-refractivity contribution in [3.05, 3.63) is 113 Å². The highest BCUT2D eigenvalue weighted by atomic mass is 35.5. The first-order valence-corrected chi connectivity index (χ1v) is 10.5. The van der Waals surface area contributed by atoms with Gasteiger partial charge < -0.3 is 0 Å². The first-order valence-electron chi connectivity index (χ1n) is 10.1. The van der Waals surface area contributed by atoms with Crippen molar-refractivity contribution in [3.63, 3.8) is 0 Å². The molecular weight excluding hydrogens is 436 g/mol. The normalized spacial score (nSPS) is 15.2. The van der Waals surface area contributed by atoms with Crippen molar-refractivity contribution in [1.29, 1.82) is 5.26 Å². The van der Waals surface area contributed by atoms with Crippen LogP contribution in [0.1, 0.15) is 22.3 Å². The van der Waals surface area contributed by atoms with Crippen LogP contribution in [0.15, 0.2) is 90.6 Å². The number of amides is 1. The van der Waals surface area contributed by atoms with E-state index in [-0.39, 0.29) is 12.5 Å². The average molecular weight is 453 g/mol. The van der Waals surface area contributed by atoms with Gasteiger partial charge in [0, 0.05) is 23.0 Å². The Morgan fingerprint density at radius 2 is 1.64 bits per heavy atom. The number of nitriles is 1. The maximum Gasteiger partial charge on any atom is 0.274 e. The zero-order valence-electron chi connectivity index (χ0n) is 17.4. The van der Waals surface area contributed by atoms with Gasteiger partial charge in [0.25, 0.3) is 5.91 Å². The summed E-state index contributed by atoms with van der Waals surface area (Å²) in [5.74, 6) is 0.815. The van der Waals surface area contributed by atoms with E-state index < -0.39 is 0 Å². The standard InChI is InChI=1S/C25H17ClN6O/c1-16-29-30-24-22(20-10-12-28-13-11-20)23(19-6-8-21(26)9-7-19)25(33)31(32(16)24)15-18-4-2-17(14-27)3-5-18/h2-13,29H,1,15H2. The van der Waals surface area contributed by atoms with E-state index >= 15 is 0 Å².